The van der Waals surface area contributed by atoms with E-state index in [1.165, 1.54) is 24.6 Å². The lowest BCUT2D eigenvalue weighted by atomic mass is 9.84. The fraction of sp³-hybridized carbons (Fsp3) is 0.562. The molecule has 0 spiro atoms. The molecule has 0 bridgehead atoms. The van der Waals surface area contributed by atoms with Crippen molar-refractivity contribution >= 4 is 11.7 Å². The fourth-order valence-electron chi connectivity index (χ4n) is 3.07. The fourth-order valence-corrected chi connectivity index (χ4v) is 3.07. The summed E-state index contributed by atoms with van der Waals surface area (Å²) in [7, 11) is 0. The molecule has 1 unspecified atom stereocenters. The van der Waals surface area contributed by atoms with Crippen LogP contribution in [0.5, 0.6) is 0 Å². The van der Waals surface area contributed by atoms with Gasteiger partial charge in [0, 0.05) is 12.6 Å². The molecule has 0 saturated heterocycles. The summed E-state index contributed by atoms with van der Waals surface area (Å²) in [5, 5.41) is 5.02. The number of alkyl halides is 3. The number of halogens is 3. The number of carbonyl (C=O) groups excluding carboxylic acids is 1. The van der Waals surface area contributed by atoms with Crippen LogP contribution in [0, 0.1) is 5.92 Å². The summed E-state index contributed by atoms with van der Waals surface area (Å²) in [5.74, 6) is 0.289. The molecule has 4 N–H and O–H groups in total. The molecule has 1 aromatic rings. The van der Waals surface area contributed by atoms with E-state index in [-0.39, 0.29) is 24.2 Å². The van der Waals surface area contributed by atoms with Crippen LogP contribution in [0.2, 0.25) is 0 Å². The predicted octanol–water partition coefficient (Wildman–Crippen LogP) is 3.73. The van der Waals surface area contributed by atoms with E-state index in [9.17, 15) is 18.0 Å². The number of benzene rings is 1. The number of amides is 2. The van der Waals surface area contributed by atoms with E-state index in [2.05, 4.69) is 10.6 Å². The van der Waals surface area contributed by atoms with Gasteiger partial charge >= 0.3 is 12.2 Å². The highest BCUT2D eigenvalue weighted by Gasteiger charge is 2.33. The van der Waals surface area contributed by atoms with Crippen LogP contribution in [0.4, 0.5) is 23.7 Å². The second kappa shape index (κ2) is 7.68. The number of hydrogen-bond donors (Lipinski definition) is 3. The first kappa shape index (κ1) is 17.6. The van der Waals surface area contributed by atoms with Gasteiger partial charge in [0.2, 0.25) is 0 Å². The number of urea groups is 1. The maximum Gasteiger partial charge on any atom is 0.418 e. The molecule has 1 aliphatic carbocycles. The first-order valence-electron chi connectivity index (χ1n) is 7.85. The molecule has 1 aromatic carbocycles. The van der Waals surface area contributed by atoms with Crippen molar-refractivity contribution in [2.45, 2.75) is 44.3 Å². The highest BCUT2D eigenvalue weighted by atomic mass is 19.4. The molecule has 2 amide bonds. The van der Waals surface area contributed by atoms with Gasteiger partial charge in [0.05, 0.1) is 11.3 Å². The van der Waals surface area contributed by atoms with E-state index >= 15 is 0 Å². The minimum Gasteiger partial charge on any atom is -0.334 e. The molecule has 128 valence electrons. The third kappa shape index (κ3) is 4.86. The maximum atomic E-state index is 12.9. The third-order valence-electron chi connectivity index (χ3n) is 4.27. The minimum absolute atomic E-state index is 0.214. The maximum absolute atomic E-state index is 12.9. The molecule has 4 nitrogen and oxygen atoms in total. The van der Waals surface area contributed by atoms with Crippen LogP contribution < -0.4 is 16.4 Å². The van der Waals surface area contributed by atoms with Gasteiger partial charge in [-0.1, -0.05) is 31.4 Å². The molecule has 2 rings (SSSR count). The Balaban J connectivity index is 2.01. The molecular weight excluding hydrogens is 307 g/mol. The monoisotopic (exact) mass is 329 g/mol. The normalized spacial score (nSPS) is 17.6. The Morgan fingerprint density at radius 3 is 2.48 bits per heavy atom. The van der Waals surface area contributed by atoms with Crippen molar-refractivity contribution < 1.29 is 18.0 Å². The summed E-state index contributed by atoms with van der Waals surface area (Å²) in [4.78, 5) is 12.1. The zero-order valence-electron chi connectivity index (χ0n) is 12.8. The highest BCUT2D eigenvalue weighted by Crippen LogP contribution is 2.34. The van der Waals surface area contributed by atoms with Crippen molar-refractivity contribution in [2.75, 3.05) is 11.9 Å². The van der Waals surface area contributed by atoms with Crippen LogP contribution in [0.25, 0.3) is 0 Å². The van der Waals surface area contributed by atoms with Crippen LogP contribution in [0.3, 0.4) is 0 Å². The Kier molecular flexibility index (Phi) is 5.87. The Labute approximate surface area is 133 Å². The lowest BCUT2D eigenvalue weighted by Crippen LogP contribution is -2.47. The first-order chi connectivity index (χ1) is 10.9. The van der Waals surface area contributed by atoms with Gasteiger partial charge in [-0.05, 0) is 30.9 Å². The smallest absolute Gasteiger partial charge is 0.334 e. The van der Waals surface area contributed by atoms with Gasteiger partial charge in [0.25, 0.3) is 0 Å². The quantitative estimate of drug-likeness (QED) is 0.788. The van der Waals surface area contributed by atoms with E-state index in [4.69, 9.17) is 5.73 Å². The van der Waals surface area contributed by atoms with Crippen molar-refractivity contribution in [3.8, 4) is 0 Å². The Bertz CT molecular complexity index is 528. The van der Waals surface area contributed by atoms with Gasteiger partial charge in [-0.3, -0.25) is 0 Å². The number of rotatable bonds is 4. The zero-order chi connectivity index (χ0) is 16.9. The van der Waals surface area contributed by atoms with Gasteiger partial charge < -0.3 is 16.4 Å². The second-order valence-electron chi connectivity index (χ2n) is 5.88. The molecule has 1 atom stereocenters. The largest absolute Gasteiger partial charge is 0.418 e. The van der Waals surface area contributed by atoms with Gasteiger partial charge in [-0.2, -0.15) is 13.2 Å². The lowest BCUT2D eigenvalue weighted by Gasteiger charge is -2.30. The standard InChI is InChI=1S/C16H22F3N3O/c17-16(18,19)12-8-4-5-9-13(12)21-15(23)22-14(10-20)11-6-2-1-3-7-11/h4-5,8-9,11,14H,1-3,6-7,10,20H2,(H2,21,22,23). The molecule has 7 heteroatoms. The molecule has 0 aliphatic heterocycles. The molecule has 1 fully saturated rings. The topological polar surface area (TPSA) is 67.1 Å². The third-order valence-corrected chi connectivity index (χ3v) is 4.27. The predicted molar refractivity (Wildman–Crippen MR) is 83.0 cm³/mol. The summed E-state index contributed by atoms with van der Waals surface area (Å²) >= 11 is 0. The molecule has 0 heterocycles. The van der Waals surface area contributed by atoms with Crippen molar-refractivity contribution in [2.24, 2.45) is 11.7 Å². The van der Waals surface area contributed by atoms with Gasteiger partial charge in [0.15, 0.2) is 0 Å². The zero-order valence-corrected chi connectivity index (χ0v) is 12.8. The SMILES string of the molecule is NCC(NC(=O)Nc1ccccc1C(F)(F)F)C1CCCCC1. The minimum atomic E-state index is -4.51. The van der Waals surface area contributed by atoms with E-state index in [1.54, 1.807) is 0 Å². The van der Waals surface area contributed by atoms with E-state index in [0.29, 0.717) is 0 Å². The molecular formula is C16H22F3N3O. The van der Waals surface area contributed by atoms with E-state index < -0.39 is 17.8 Å². The highest BCUT2D eigenvalue weighted by molar-refractivity contribution is 5.90. The summed E-state index contributed by atoms with van der Waals surface area (Å²) in [6, 6.07) is 4.05. The van der Waals surface area contributed by atoms with Crippen molar-refractivity contribution in [3.63, 3.8) is 0 Å². The van der Waals surface area contributed by atoms with E-state index in [0.717, 1.165) is 31.7 Å². The average molecular weight is 329 g/mol. The number of anilines is 1. The lowest BCUT2D eigenvalue weighted by molar-refractivity contribution is -0.136. The number of carbonyl (C=O) groups is 1. The van der Waals surface area contributed by atoms with Crippen LogP contribution in [0.1, 0.15) is 37.7 Å². The van der Waals surface area contributed by atoms with Crippen LogP contribution in [-0.4, -0.2) is 18.6 Å². The molecule has 0 aromatic heterocycles. The van der Waals surface area contributed by atoms with Gasteiger partial charge in [-0.15, -0.1) is 0 Å². The molecule has 0 radical (unpaired) electrons. The first-order valence-corrected chi connectivity index (χ1v) is 7.85. The van der Waals surface area contributed by atoms with Crippen molar-refractivity contribution in [3.05, 3.63) is 29.8 Å². The van der Waals surface area contributed by atoms with Crippen molar-refractivity contribution in [1.82, 2.24) is 5.32 Å². The summed E-state index contributed by atoms with van der Waals surface area (Å²) in [5.41, 5.74) is 4.61. The number of hydrogen-bond acceptors (Lipinski definition) is 2. The van der Waals surface area contributed by atoms with E-state index in [1.807, 2.05) is 0 Å². The Hall–Kier alpha value is -1.76. The van der Waals surface area contributed by atoms with Gasteiger partial charge in [-0.25, -0.2) is 4.79 Å². The average Bonchev–Trinajstić information content (AvgIpc) is 2.53. The molecule has 1 saturated carbocycles. The number of para-hydroxylation sites is 1. The van der Waals surface area contributed by atoms with Crippen LogP contribution in [-0.2, 0) is 6.18 Å². The van der Waals surface area contributed by atoms with Gasteiger partial charge in [0.1, 0.15) is 0 Å². The summed E-state index contributed by atoms with van der Waals surface area (Å²) in [6.45, 7) is 0.277. The summed E-state index contributed by atoms with van der Waals surface area (Å²) < 4.78 is 38.8. The molecule has 1 aliphatic rings. The number of nitrogens with one attached hydrogen (secondary N) is 2. The summed E-state index contributed by atoms with van der Waals surface area (Å²) in [6.07, 6.45) is 0.838. The van der Waals surface area contributed by atoms with Crippen LogP contribution in [0.15, 0.2) is 24.3 Å². The number of nitrogens with two attached hydrogens (primary N) is 1. The Morgan fingerprint density at radius 2 is 1.87 bits per heavy atom. The van der Waals surface area contributed by atoms with Crippen molar-refractivity contribution in [1.29, 1.82) is 0 Å². The molecule has 23 heavy (non-hydrogen) atoms. The Morgan fingerprint density at radius 1 is 1.22 bits per heavy atom. The second-order valence-corrected chi connectivity index (χ2v) is 5.88. The van der Waals surface area contributed by atoms with Crippen LogP contribution >= 0.6 is 0 Å².